The van der Waals surface area contributed by atoms with Gasteiger partial charge in [-0.25, -0.2) is 18.2 Å². The Balaban J connectivity index is 2.23. The summed E-state index contributed by atoms with van der Waals surface area (Å²) < 4.78 is 39.6. The molecule has 1 heterocycles. The van der Waals surface area contributed by atoms with Crippen LogP contribution in [0.3, 0.4) is 0 Å². The van der Waals surface area contributed by atoms with Gasteiger partial charge in [0.25, 0.3) is 0 Å². The van der Waals surface area contributed by atoms with E-state index in [1.54, 1.807) is 24.3 Å². The number of benzene rings is 2. The lowest BCUT2D eigenvalue weighted by molar-refractivity contribution is 0.448. The van der Waals surface area contributed by atoms with Crippen LogP contribution in [0.25, 0.3) is 22.4 Å². The van der Waals surface area contributed by atoms with E-state index in [4.69, 9.17) is 0 Å². The van der Waals surface area contributed by atoms with Crippen molar-refractivity contribution in [2.24, 2.45) is 0 Å². The Labute approximate surface area is 100 Å². The number of aromatic amines is 1. The third-order valence-electron chi connectivity index (χ3n) is 2.68. The molecule has 0 aliphatic heterocycles. The van der Waals surface area contributed by atoms with Crippen molar-refractivity contribution in [1.29, 1.82) is 0 Å². The fraction of sp³-hybridized carbons (Fsp3) is 0. The number of rotatable bonds is 1. The average Bonchev–Trinajstić information content (AvgIpc) is 2.79. The maximum atomic E-state index is 13.6. The van der Waals surface area contributed by atoms with Crippen molar-refractivity contribution in [2.45, 2.75) is 0 Å². The van der Waals surface area contributed by atoms with Gasteiger partial charge in [0.2, 0.25) is 0 Å². The van der Waals surface area contributed by atoms with Gasteiger partial charge in [0.05, 0.1) is 16.6 Å². The summed E-state index contributed by atoms with van der Waals surface area (Å²) in [5.74, 6) is -3.78. The summed E-state index contributed by atoms with van der Waals surface area (Å²) in [6.07, 6.45) is 0. The number of hydrogen-bond acceptors (Lipinski definition) is 1. The summed E-state index contributed by atoms with van der Waals surface area (Å²) in [6.45, 7) is 0. The molecule has 2 nitrogen and oxygen atoms in total. The van der Waals surface area contributed by atoms with Crippen LogP contribution < -0.4 is 0 Å². The van der Waals surface area contributed by atoms with Crippen LogP contribution in [0.15, 0.2) is 36.4 Å². The predicted molar refractivity (Wildman–Crippen MR) is 61.4 cm³/mol. The minimum atomic E-state index is -1.49. The van der Waals surface area contributed by atoms with Crippen molar-refractivity contribution < 1.29 is 13.2 Å². The van der Waals surface area contributed by atoms with Crippen molar-refractivity contribution in [3.05, 3.63) is 53.8 Å². The van der Waals surface area contributed by atoms with E-state index in [0.717, 1.165) is 12.1 Å². The Hall–Kier alpha value is -2.30. The van der Waals surface area contributed by atoms with E-state index >= 15 is 0 Å². The predicted octanol–water partition coefficient (Wildman–Crippen LogP) is 3.65. The fourth-order valence-corrected chi connectivity index (χ4v) is 1.79. The molecule has 3 aromatic rings. The molecule has 2 aromatic carbocycles. The van der Waals surface area contributed by atoms with Crippen LogP contribution in [-0.4, -0.2) is 9.97 Å². The zero-order chi connectivity index (χ0) is 12.7. The highest BCUT2D eigenvalue weighted by atomic mass is 19.2. The lowest BCUT2D eigenvalue weighted by Crippen LogP contribution is -1.94. The second-order valence-electron chi connectivity index (χ2n) is 3.83. The summed E-state index contributed by atoms with van der Waals surface area (Å²) in [4.78, 5) is 6.99. The molecule has 0 bridgehead atoms. The molecule has 0 amide bonds. The molecule has 90 valence electrons. The van der Waals surface area contributed by atoms with E-state index in [-0.39, 0.29) is 11.4 Å². The number of imidazole rings is 1. The molecule has 0 aliphatic rings. The van der Waals surface area contributed by atoms with Gasteiger partial charge in [-0.05, 0) is 24.3 Å². The SMILES string of the molecule is Fc1ccc(-c2nc3ccccc3[nH]2)c(F)c1F. The highest BCUT2D eigenvalue weighted by molar-refractivity contribution is 5.79. The third-order valence-corrected chi connectivity index (χ3v) is 2.68. The smallest absolute Gasteiger partial charge is 0.195 e. The Morgan fingerprint density at radius 3 is 2.44 bits per heavy atom. The van der Waals surface area contributed by atoms with Gasteiger partial charge in [-0.3, -0.25) is 0 Å². The zero-order valence-electron chi connectivity index (χ0n) is 9.05. The largest absolute Gasteiger partial charge is 0.338 e. The highest BCUT2D eigenvalue weighted by Gasteiger charge is 2.16. The standard InChI is InChI=1S/C13H7F3N2/c14-8-6-5-7(11(15)12(8)16)13-17-9-3-1-2-4-10(9)18-13/h1-6H,(H,17,18). The number of H-pyrrole nitrogens is 1. The Morgan fingerprint density at radius 1 is 0.889 bits per heavy atom. The number of fused-ring (bicyclic) bond motifs is 1. The summed E-state index contributed by atoms with van der Waals surface area (Å²) in [5.41, 5.74) is 1.25. The van der Waals surface area contributed by atoms with E-state index in [1.807, 2.05) is 0 Å². The van der Waals surface area contributed by atoms with Crippen molar-refractivity contribution in [3.8, 4) is 11.4 Å². The summed E-state index contributed by atoms with van der Waals surface area (Å²) >= 11 is 0. The number of para-hydroxylation sites is 2. The summed E-state index contributed by atoms with van der Waals surface area (Å²) in [7, 11) is 0. The van der Waals surface area contributed by atoms with Crippen LogP contribution in [0.2, 0.25) is 0 Å². The molecule has 18 heavy (non-hydrogen) atoms. The minimum Gasteiger partial charge on any atom is -0.338 e. The lowest BCUT2D eigenvalue weighted by Gasteiger charge is -2.00. The third kappa shape index (κ3) is 1.55. The van der Waals surface area contributed by atoms with Crippen LogP contribution in [0, 0.1) is 17.5 Å². The van der Waals surface area contributed by atoms with E-state index in [0.29, 0.717) is 11.0 Å². The van der Waals surface area contributed by atoms with E-state index in [1.165, 1.54) is 0 Å². The minimum absolute atomic E-state index is 0.0925. The number of halogens is 3. The van der Waals surface area contributed by atoms with Crippen molar-refractivity contribution in [3.63, 3.8) is 0 Å². The molecule has 1 aromatic heterocycles. The van der Waals surface area contributed by atoms with Crippen molar-refractivity contribution >= 4 is 11.0 Å². The van der Waals surface area contributed by atoms with Gasteiger partial charge in [-0.2, -0.15) is 0 Å². The normalized spacial score (nSPS) is 11.1. The van der Waals surface area contributed by atoms with Crippen LogP contribution in [0.1, 0.15) is 0 Å². The van der Waals surface area contributed by atoms with Gasteiger partial charge in [-0.1, -0.05) is 12.1 Å². The molecule has 0 saturated carbocycles. The molecule has 1 N–H and O–H groups in total. The van der Waals surface area contributed by atoms with Crippen molar-refractivity contribution in [1.82, 2.24) is 9.97 Å². The maximum absolute atomic E-state index is 13.6. The second-order valence-corrected chi connectivity index (χ2v) is 3.83. The first-order chi connectivity index (χ1) is 8.66. The number of hydrogen-bond donors (Lipinski definition) is 1. The Kier molecular flexibility index (Phi) is 2.33. The van der Waals surface area contributed by atoms with Crippen LogP contribution in [-0.2, 0) is 0 Å². The number of nitrogens with one attached hydrogen (secondary N) is 1. The van der Waals surface area contributed by atoms with Crippen LogP contribution >= 0.6 is 0 Å². The first-order valence-electron chi connectivity index (χ1n) is 5.25. The molecule has 0 radical (unpaired) electrons. The fourth-order valence-electron chi connectivity index (χ4n) is 1.79. The van der Waals surface area contributed by atoms with Gasteiger partial charge >= 0.3 is 0 Å². The van der Waals surface area contributed by atoms with Gasteiger partial charge in [0, 0.05) is 0 Å². The van der Waals surface area contributed by atoms with Gasteiger partial charge in [-0.15, -0.1) is 0 Å². The molecule has 0 unspecified atom stereocenters. The van der Waals surface area contributed by atoms with E-state index in [9.17, 15) is 13.2 Å². The molecule has 3 rings (SSSR count). The van der Waals surface area contributed by atoms with Gasteiger partial charge in [0.15, 0.2) is 17.5 Å². The molecular weight excluding hydrogens is 241 g/mol. The molecule has 0 saturated heterocycles. The van der Waals surface area contributed by atoms with Crippen molar-refractivity contribution in [2.75, 3.05) is 0 Å². The molecule has 0 spiro atoms. The summed E-state index contributed by atoms with van der Waals surface area (Å²) in [5, 5.41) is 0. The monoisotopic (exact) mass is 248 g/mol. The molecule has 0 atom stereocenters. The highest BCUT2D eigenvalue weighted by Crippen LogP contribution is 2.25. The molecule has 5 heteroatoms. The van der Waals surface area contributed by atoms with Gasteiger partial charge in [0.1, 0.15) is 5.82 Å². The first kappa shape index (κ1) is 10.8. The second kappa shape index (κ2) is 3.87. The Morgan fingerprint density at radius 2 is 1.67 bits per heavy atom. The average molecular weight is 248 g/mol. The quantitative estimate of drug-likeness (QED) is 0.654. The Bertz CT molecular complexity index is 701. The maximum Gasteiger partial charge on any atom is 0.195 e. The molecule has 0 aliphatic carbocycles. The number of aromatic nitrogens is 2. The van der Waals surface area contributed by atoms with E-state index < -0.39 is 17.5 Å². The first-order valence-corrected chi connectivity index (χ1v) is 5.25. The number of nitrogens with zero attached hydrogens (tertiary/aromatic N) is 1. The van der Waals surface area contributed by atoms with Gasteiger partial charge < -0.3 is 4.98 Å². The van der Waals surface area contributed by atoms with E-state index in [2.05, 4.69) is 9.97 Å². The molecule has 0 fully saturated rings. The topological polar surface area (TPSA) is 28.7 Å². The van der Waals surface area contributed by atoms with Crippen LogP contribution in [0.4, 0.5) is 13.2 Å². The lowest BCUT2D eigenvalue weighted by atomic mass is 10.2. The molecular formula is C13H7F3N2. The van der Waals surface area contributed by atoms with Crippen LogP contribution in [0.5, 0.6) is 0 Å². The zero-order valence-corrected chi connectivity index (χ0v) is 9.05. The summed E-state index contributed by atoms with van der Waals surface area (Å²) in [6, 6.07) is 9.13.